The highest BCUT2D eigenvalue weighted by atomic mass is 16.6. The van der Waals surface area contributed by atoms with Crippen LogP contribution in [0.1, 0.15) is 42.5 Å². The number of nitrogens with zero attached hydrogens (tertiary/aromatic N) is 4. The Morgan fingerprint density at radius 2 is 1.71 bits per heavy atom. The van der Waals surface area contributed by atoms with Crippen LogP contribution in [0.5, 0.6) is 5.75 Å². The molecule has 8 nitrogen and oxygen atoms in total. The molecule has 3 fully saturated rings. The van der Waals surface area contributed by atoms with Gasteiger partial charge in [0.25, 0.3) is 5.91 Å². The molecule has 0 bridgehead atoms. The van der Waals surface area contributed by atoms with Crippen LogP contribution in [0, 0.1) is 0 Å². The summed E-state index contributed by atoms with van der Waals surface area (Å²) in [6, 6.07) is 11.7. The Kier molecular flexibility index (Phi) is 5.36. The largest absolute Gasteiger partial charge is 0.489 e. The molecule has 3 aromatic rings. The Labute approximate surface area is 198 Å². The molecular weight excluding hydrogens is 432 g/mol. The van der Waals surface area contributed by atoms with Crippen LogP contribution in [0.15, 0.2) is 48.8 Å². The third-order valence-electron chi connectivity index (χ3n) is 6.84. The second-order valence-corrected chi connectivity index (χ2v) is 9.34. The summed E-state index contributed by atoms with van der Waals surface area (Å²) in [5.74, 6) is 1.62. The first-order valence-electron chi connectivity index (χ1n) is 12.1. The molecule has 2 saturated heterocycles. The Bertz CT molecular complexity index is 1210. The van der Waals surface area contributed by atoms with Crippen molar-refractivity contribution >= 4 is 22.9 Å². The molecule has 0 atom stereocenters. The average molecular weight is 461 g/mol. The van der Waals surface area contributed by atoms with E-state index in [1.165, 1.54) is 0 Å². The van der Waals surface area contributed by atoms with Crippen molar-refractivity contribution in [2.75, 3.05) is 26.2 Å². The third kappa shape index (κ3) is 4.20. The molecule has 1 aromatic carbocycles. The number of amides is 2. The van der Waals surface area contributed by atoms with Gasteiger partial charge in [0.1, 0.15) is 23.8 Å². The molecule has 34 heavy (non-hydrogen) atoms. The van der Waals surface area contributed by atoms with E-state index in [1.54, 1.807) is 11.1 Å². The highest BCUT2D eigenvalue weighted by Crippen LogP contribution is 2.27. The lowest BCUT2D eigenvalue weighted by Gasteiger charge is -2.31. The van der Waals surface area contributed by atoms with E-state index in [2.05, 4.69) is 4.98 Å². The van der Waals surface area contributed by atoms with Crippen molar-refractivity contribution in [1.82, 2.24) is 19.4 Å². The Balaban J connectivity index is 1.08. The Morgan fingerprint density at radius 3 is 2.38 bits per heavy atom. The third-order valence-corrected chi connectivity index (χ3v) is 6.84. The number of carbonyl (C=O) groups is 2. The maximum absolute atomic E-state index is 12.5. The SMILES string of the molecule is O=C(OC1CC1)N1CCC(Oc2ccc(-n3ccc4cc(C(=O)N5CCC5)ccc43)nc2)CC1. The predicted molar refractivity (Wildman–Crippen MR) is 126 cm³/mol. The number of fused-ring (bicyclic) bond motifs is 1. The van der Waals surface area contributed by atoms with Gasteiger partial charge in [-0.25, -0.2) is 9.78 Å². The van der Waals surface area contributed by atoms with Gasteiger partial charge in [0.2, 0.25) is 0 Å². The van der Waals surface area contributed by atoms with Crippen molar-refractivity contribution in [3.8, 4) is 11.6 Å². The normalized spacial score (nSPS) is 18.6. The molecule has 2 aromatic heterocycles. The summed E-state index contributed by atoms with van der Waals surface area (Å²) in [5.41, 5.74) is 1.74. The minimum Gasteiger partial charge on any atom is -0.489 e. The molecule has 0 radical (unpaired) electrons. The number of piperidine rings is 1. The molecule has 1 saturated carbocycles. The number of benzene rings is 1. The van der Waals surface area contributed by atoms with E-state index >= 15 is 0 Å². The maximum Gasteiger partial charge on any atom is 0.410 e. The Hall–Kier alpha value is -3.55. The molecule has 1 aliphatic carbocycles. The summed E-state index contributed by atoms with van der Waals surface area (Å²) in [6.07, 6.45) is 8.36. The van der Waals surface area contributed by atoms with Crippen LogP contribution in [0.2, 0.25) is 0 Å². The summed E-state index contributed by atoms with van der Waals surface area (Å²) in [6.45, 7) is 3.00. The average Bonchev–Trinajstić information content (AvgIpc) is 3.54. The van der Waals surface area contributed by atoms with Crippen LogP contribution in [-0.2, 0) is 4.74 Å². The van der Waals surface area contributed by atoms with Crippen molar-refractivity contribution < 1.29 is 19.1 Å². The molecule has 2 amide bonds. The topological polar surface area (TPSA) is 76.9 Å². The summed E-state index contributed by atoms with van der Waals surface area (Å²) in [4.78, 5) is 32.9. The second kappa shape index (κ2) is 8.66. The van der Waals surface area contributed by atoms with Crippen molar-refractivity contribution in [2.45, 2.75) is 44.3 Å². The molecule has 8 heteroatoms. The molecule has 176 valence electrons. The zero-order valence-electron chi connectivity index (χ0n) is 19.1. The molecular formula is C26H28N4O4. The lowest BCUT2D eigenvalue weighted by Crippen LogP contribution is -2.42. The highest BCUT2D eigenvalue weighted by molar-refractivity contribution is 5.98. The van der Waals surface area contributed by atoms with E-state index in [-0.39, 0.29) is 24.2 Å². The lowest BCUT2D eigenvalue weighted by atomic mass is 10.1. The number of ether oxygens (including phenoxy) is 2. The smallest absolute Gasteiger partial charge is 0.410 e. The number of hydrogen-bond donors (Lipinski definition) is 0. The first-order valence-corrected chi connectivity index (χ1v) is 12.1. The van der Waals surface area contributed by atoms with Gasteiger partial charge in [-0.2, -0.15) is 0 Å². The van der Waals surface area contributed by atoms with Crippen molar-refractivity contribution in [2.24, 2.45) is 0 Å². The van der Waals surface area contributed by atoms with Gasteiger partial charge in [0.15, 0.2) is 0 Å². The molecule has 2 aliphatic heterocycles. The fourth-order valence-corrected chi connectivity index (χ4v) is 4.51. The van der Waals surface area contributed by atoms with Gasteiger partial charge in [0.05, 0.1) is 11.7 Å². The van der Waals surface area contributed by atoms with Gasteiger partial charge in [0, 0.05) is 56.2 Å². The fourth-order valence-electron chi connectivity index (χ4n) is 4.51. The van der Waals surface area contributed by atoms with Gasteiger partial charge in [-0.1, -0.05) is 0 Å². The van der Waals surface area contributed by atoms with Crippen LogP contribution < -0.4 is 4.74 Å². The van der Waals surface area contributed by atoms with Crippen LogP contribution in [0.3, 0.4) is 0 Å². The zero-order valence-corrected chi connectivity index (χ0v) is 19.1. The zero-order chi connectivity index (χ0) is 23.1. The summed E-state index contributed by atoms with van der Waals surface area (Å²) in [7, 11) is 0. The van der Waals surface area contributed by atoms with Crippen LogP contribution in [0.25, 0.3) is 16.7 Å². The van der Waals surface area contributed by atoms with E-state index in [1.807, 2.05) is 52.1 Å². The number of likely N-dealkylation sites (tertiary alicyclic amines) is 2. The standard InChI is InChI=1S/C26H28N4O4/c31-25(28-11-1-12-28)19-2-6-23-18(16-19)8-15-30(23)24-7-5-22(17-27-24)33-21-9-13-29(14-10-21)26(32)34-20-3-4-20/h2,5-8,15-17,20-21H,1,3-4,9-14H2. The minimum atomic E-state index is -0.192. The van der Waals surface area contributed by atoms with Crippen LogP contribution in [-0.4, -0.2) is 69.7 Å². The van der Waals surface area contributed by atoms with E-state index in [4.69, 9.17) is 9.47 Å². The van der Waals surface area contributed by atoms with Crippen molar-refractivity contribution in [3.63, 3.8) is 0 Å². The predicted octanol–water partition coefficient (Wildman–Crippen LogP) is 4.01. The number of carbonyl (C=O) groups excluding carboxylic acids is 2. The van der Waals surface area contributed by atoms with E-state index in [0.29, 0.717) is 13.1 Å². The minimum absolute atomic E-state index is 0.0624. The molecule has 6 rings (SSSR count). The molecule has 0 unspecified atom stereocenters. The summed E-state index contributed by atoms with van der Waals surface area (Å²) in [5, 5.41) is 1.01. The summed E-state index contributed by atoms with van der Waals surface area (Å²) >= 11 is 0. The van der Waals surface area contributed by atoms with E-state index in [0.717, 1.165) is 73.2 Å². The van der Waals surface area contributed by atoms with Gasteiger partial charge in [-0.05, 0) is 55.7 Å². The maximum atomic E-state index is 12.5. The van der Waals surface area contributed by atoms with Crippen molar-refractivity contribution in [1.29, 1.82) is 0 Å². The lowest BCUT2D eigenvalue weighted by molar-refractivity contribution is 0.0633. The molecule has 0 spiro atoms. The number of pyridine rings is 1. The Morgan fingerprint density at radius 1 is 0.882 bits per heavy atom. The van der Waals surface area contributed by atoms with E-state index < -0.39 is 0 Å². The van der Waals surface area contributed by atoms with Crippen LogP contribution >= 0.6 is 0 Å². The van der Waals surface area contributed by atoms with E-state index in [9.17, 15) is 9.59 Å². The first kappa shape index (κ1) is 21.0. The molecule has 0 N–H and O–H groups in total. The van der Waals surface area contributed by atoms with Gasteiger partial charge in [-0.3, -0.25) is 4.79 Å². The molecule has 3 aliphatic rings. The summed E-state index contributed by atoms with van der Waals surface area (Å²) < 4.78 is 13.5. The molecule has 4 heterocycles. The number of rotatable bonds is 5. The fraction of sp³-hybridized carbons (Fsp3) is 0.423. The second-order valence-electron chi connectivity index (χ2n) is 9.34. The van der Waals surface area contributed by atoms with Crippen molar-refractivity contribution in [3.05, 3.63) is 54.4 Å². The monoisotopic (exact) mass is 460 g/mol. The number of aromatic nitrogens is 2. The highest BCUT2D eigenvalue weighted by Gasteiger charge is 2.31. The number of hydrogen-bond acceptors (Lipinski definition) is 5. The first-order chi connectivity index (χ1) is 16.6. The van der Waals surface area contributed by atoms with Crippen LogP contribution in [0.4, 0.5) is 4.79 Å². The quantitative estimate of drug-likeness (QED) is 0.575. The van der Waals surface area contributed by atoms with Gasteiger partial charge in [-0.15, -0.1) is 0 Å². The van der Waals surface area contributed by atoms with Gasteiger partial charge >= 0.3 is 6.09 Å². The van der Waals surface area contributed by atoms with Gasteiger partial charge < -0.3 is 23.8 Å².